The largest absolute Gasteiger partial charge is 0.376 e. The van der Waals surface area contributed by atoms with Gasteiger partial charge in [0, 0.05) is 13.1 Å². The van der Waals surface area contributed by atoms with Gasteiger partial charge in [0.1, 0.15) is 0 Å². The van der Waals surface area contributed by atoms with Crippen LogP contribution >= 0.6 is 0 Å². The second kappa shape index (κ2) is 6.41. The van der Waals surface area contributed by atoms with Gasteiger partial charge in [0.15, 0.2) is 0 Å². The lowest BCUT2D eigenvalue weighted by Crippen LogP contribution is -2.42. The average Bonchev–Trinajstić information content (AvgIpc) is 2.16. The predicted molar refractivity (Wildman–Crippen MR) is 60.5 cm³/mol. The van der Waals surface area contributed by atoms with Crippen LogP contribution < -0.4 is 0 Å². The van der Waals surface area contributed by atoms with E-state index >= 15 is 0 Å². The van der Waals surface area contributed by atoms with E-state index < -0.39 is 0 Å². The summed E-state index contributed by atoms with van der Waals surface area (Å²) in [6.07, 6.45) is 4.29. The minimum atomic E-state index is 0.498. The van der Waals surface area contributed by atoms with Gasteiger partial charge >= 0.3 is 0 Å². The highest BCUT2D eigenvalue weighted by atomic mass is 16.5. The highest BCUT2D eigenvalue weighted by Gasteiger charge is 2.19. The van der Waals surface area contributed by atoms with Gasteiger partial charge in [-0.2, -0.15) is 0 Å². The molecular formula is C12H25NO. The fraction of sp³-hybridized carbons (Fsp3) is 1.00. The summed E-state index contributed by atoms with van der Waals surface area (Å²) in [5.41, 5.74) is 0. The molecule has 1 aliphatic heterocycles. The highest BCUT2D eigenvalue weighted by Crippen LogP contribution is 2.14. The fourth-order valence-corrected chi connectivity index (χ4v) is 1.99. The second-order valence-electron chi connectivity index (χ2n) is 4.76. The molecule has 1 rings (SSSR count). The van der Waals surface area contributed by atoms with Crippen molar-refractivity contribution in [3.8, 4) is 0 Å². The molecule has 84 valence electrons. The highest BCUT2D eigenvalue weighted by molar-refractivity contribution is 4.71. The van der Waals surface area contributed by atoms with Gasteiger partial charge in [0.05, 0.1) is 12.7 Å². The maximum Gasteiger partial charge on any atom is 0.0702 e. The Morgan fingerprint density at radius 1 is 1.43 bits per heavy atom. The van der Waals surface area contributed by atoms with Crippen LogP contribution in [0.2, 0.25) is 0 Å². The molecule has 2 heteroatoms. The third-order valence-electron chi connectivity index (χ3n) is 2.83. The van der Waals surface area contributed by atoms with E-state index in [1.165, 1.54) is 25.8 Å². The third kappa shape index (κ3) is 4.43. The Kier molecular flexibility index (Phi) is 5.49. The number of nitrogens with zero attached hydrogens (tertiary/aromatic N) is 1. The third-order valence-corrected chi connectivity index (χ3v) is 2.83. The summed E-state index contributed by atoms with van der Waals surface area (Å²) >= 11 is 0. The van der Waals surface area contributed by atoms with Gasteiger partial charge < -0.3 is 4.74 Å². The molecule has 2 nitrogen and oxygen atoms in total. The number of hydrogen-bond acceptors (Lipinski definition) is 2. The molecule has 0 unspecified atom stereocenters. The molecule has 0 bridgehead atoms. The van der Waals surface area contributed by atoms with Gasteiger partial charge in [-0.25, -0.2) is 0 Å². The van der Waals surface area contributed by atoms with E-state index in [-0.39, 0.29) is 0 Å². The molecule has 1 aliphatic rings. The molecule has 0 aliphatic carbocycles. The first-order valence-electron chi connectivity index (χ1n) is 6.06. The van der Waals surface area contributed by atoms with Gasteiger partial charge in [-0.05, 0) is 31.7 Å². The predicted octanol–water partition coefficient (Wildman–Crippen LogP) is 2.53. The van der Waals surface area contributed by atoms with Crippen molar-refractivity contribution in [1.82, 2.24) is 4.90 Å². The Bertz CT molecular complexity index is 145. The Morgan fingerprint density at radius 3 is 2.86 bits per heavy atom. The minimum absolute atomic E-state index is 0.498. The molecule has 0 aromatic carbocycles. The molecule has 1 heterocycles. The number of morpholine rings is 1. The molecule has 0 aromatic rings. The van der Waals surface area contributed by atoms with Gasteiger partial charge in [0.2, 0.25) is 0 Å². The molecule has 0 amide bonds. The molecule has 0 saturated carbocycles. The average molecular weight is 199 g/mol. The summed E-state index contributed by atoms with van der Waals surface area (Å²) in [7, 11) is 0. The van der Waals surface area contributed by atoms with E-state index in [4.69, 9.17) is 4.74 Å². The normalized spacial score (nSPS) is 24.4. The standard InChI is InChI=1S/C12H25NO/c1-4-7-13-8-9-14-12(10-13)6-5-11(2)3/h11-12H,4-10H2,1-3H3/t12-/m1/s1. The first-order valence-corrected chi connectivity index (χ1v) is 6.06. The van der Waals surface area contributed by atoms with Gasteiger partial charge in [-0.1, -0.05) is 20.8 Å². The van der Waals surface area contributed by atoms with Crippen molar-refractivity contribution in [3.63, 3.8) is 0 Å². The van der Waals surface area contributed by atoms with Crippen molar-refractivity contribution in [1.29, 1.82) is 0 Å². The Morgan fingerprint density at radius 2 is 2.21 bits per heavy atom. The van der Waals surface area contributed by atoms with E-state index in [0.717, 1.165) is 25.6 Å². The van der Waals surface area contributed by atoms with Crippen LogP contribution in [0.4, 0.5) is 0 Å². The molecule has 0 spiro atoms. The van der Waals surface area contributed by atoms with Crippen LogP contribution in [0.15, 0.2) is 0 Å². The lowest BCUT2D eigenvalue weighted by atomic mass is 10.0. The Labute approximate surface area is 88.6 Å². The van der Waals surface area contributed by atoms with Crippen molar-refractivity contribution in [2.75, 3.05) is 26.2 Å². The molecule has 0 aromatic heterocycles. The molecule has 0 N–H and O–H groups in total. The molecule has 1 saturated heterocycles. The number of hydrogen-bond donors (Lipinski definition) is 0. The summed E-state index contributed by atoms with van der Waals surface area (Å²) in [6, 6.07) is 0. The molecule has 14 heavy (non-hydrogen) atoms. The summed E-state index contributed by atoms with van der Waals surface area (Å²) in [5, 5.41) is 0. The van der Waals surface area contributed by atoms with Gasteiger partial charge in [0.25, 0.3) is 0 Å². The van der Waals surface area contributed by atoms with Crippen molar-refractivity contribution in [2.24, 2.45) is 5.92 Å². The Balaban J connectivity index is 2.18. The topological polar surface area (TPSA) is 12.5 Å². The van der Waals surface area contributed by atoms with Crippen LogP contribution in [-0.2, 0) is 4.74 Å². The lowest BCUT2D eigenvalue weighted by Gasteiger charge is -2.33. The summed E-state index contributed by atoms with van der Waals surface area (Å²) in [4.78, 5) is 2.54. The summed E-state index contributed by atoms with van der Waals surface area (Å²) in [5.74, 6) is 0.806. The van der Waals surface area contributed by atoms with Crippen LogP contribution in [0.5, 0.6) is 0 Å². The van der Waals surface area contributed by atoms with E-state index in [9.17, 15) is 0 Å². The van der Waals surface area contributed by atoms with Crippen molar-refractivity contribution in [3.05, 3.63) is 0 Å². The first-order chi connectivity index (χ1) is 6.72. The smallest absolute Gasteiger partial charge is 0.0702 e. The first kappa shape index (κ1) is 12.0. The SMILES string of the molecule is CCCN1CCO[C@H](CCC(C)C)C1. The molecule has 1 fully saturated rings. The van der Waals surface area contributed by atoms with Crippen LogP contribution in [0, 0.1) is 5.92 Å². The van der Waals surface area contributed by atoms with Crippen LogP contribution in [0.25, 0.3) is 0 Å². The maximum atomic E-state index is 5.76. The van der Waals surface area contributed by atoms with Crippen LogP contribution in [0.1, 0.15) is 40.0 Å². The monoisotopic (exact) mass is 199 g/mol. The maximum absolute atomic E-state index is 5.76. The van der Waals surface area contributed by atoms with E-state index in [1.54, 1.807) is 0 Å². The zero-order chi connectivity index (χ0) is 10.4. The summed E-state index contributed by atoms with van der Waals surface area (Å²) < 4.78 is 5.76. The molecular weight excluding hydrogens is 174 g/mol. The summed E-state index contributed by atoms with van der Waals surface area (Å²) in [6.45, 7) is 11.3. The van der Waals surface area contributed by atoms with E-state index in [0.29, 0.717) is 6.10 Å². The number of rotatable bonds is 5. The second-order valence-corrected chi connectivity index (χ2v) is 4.76. The zero-order valence-corrected chi connectivity index (χ0v) is 9.96. The van der Waals surface area contributed by atoms with Crippen molar-refractivity contribution < 1.29 is 4.74 Å². The van der Waals surface area contributed by atoms with Crippen molar-refractivity contribution >= 4 is 0 Å². The van der Waals surface area contributed by atoms with Crippen LogP contribution in [0.3, 0.4) is 0 Å². The zero-order valence-electron chi connectivity index (χ0n) is 9.96. The van der Waals surface area contributed by atoms with Gasteiger partial charge in [-0.15, -0.1) is 0 Å². The quantitative estimate of drug-likeness (QED) is 0.674. The van der Waals surface area contributed by atoms with E-state index in [2.05, 4.69) is 25.7 Å². The van der Waals surface area contributed by atoms with E-state index in [1.807, 2.05) is 0 Å². The number of ether oxygens (including phenoxy) is 1. The fourth-order valence-electron chi connectivity index (χ4n) is 1.99. The molecule has 0 radical (unpaired) electrons. The van der Waals surface area contributed by atoms with Crippen molar-refractivity contribution in [2.45, 2.75) is 46.1 Å². The molecule has 1 atom stereocenters. The minimum Gasteiger partial charge on any atom is -0.376 e. The van der Waals surface area contributed by atoms with Gasteiger partial charge in [-0.3, -0.25) is 4.90 Å². The Hall–Kier alpha value is -0.0800. The lowest BCUT2D eigenvalue weighted by molar-refractivity contribution is -0.0338. The van der Waals surface area contributed by atoms with Crippen LogP contribution in [-0.4, -0.2) is 37.2 Å².